The highest BCUT2D eigenvalue weighted by Gasteiger charge is 2.50. The topological polar surface area (TPSA) is 79.3 Å². The van der Waals surface area contributed by atoms with E-state index < -0.39 is 52.0 Å². The second-order valence-electron chi connectivity index (χ2n) is 5.09. The Kier molecular flexibility index (Phi) is 6.12. The number of alkyl halides is 4. The Hall–Kier alpha value is -2.58. The molecule has 3 N–H and O–H groups in total. The predicted octanol–water partition coefficient (Wildman–Crippen LogP) is 4.85. The molecule has 0 aromatic heterocycles. The first kappa shape index (κ1) is 20.7. The molecule has 0 spiro atoms. The van der Waals surface area contributed by atoms with Crippen molar-refractivity contribution >= 4 is 11.8 Å². The Morgan fingerprint density at radius 3 is 2.26 bits per heavy atom. The quantitative estimate of drug-likeness (QED) is 0.431. The van der Waals surface area contributed by atoms with E-state index in [1.54, 1.807) is 0 Å². The van der Waals surface area contributed by atoms with Gasteiger partial charge in [0.05, 0.1) is 5.56 Å². The minimum absolute atomic E-state index is 0.0393. The number of rotatable bonds is 3. The van der Waals surface area contributed by atoms with Gasteiger partial charge >= 0.3 is 5.25 Å². The van der Waals surface area contributed by atoms with E-state index in [-0.39, 0.29) is 16.7 Å². The van der Waals surface area contributed by atoms with E-state index in [0.29, 0.717) is 6.07 Å². The number of thioether (sulfide) groups is 1. The molecule has 1 atom stereocenters. The Morgan fingerprint density at radius 1 is 1.19 bits per heavy atom. The molecule has 2 aromatic rings. The summed E-state index contributed by atoms with van der Waals surface area (Å²) in [5.74, 6) is -2.97. The number of nitrogens with two attached hydrogens (primary N) is 1. The molecule has 1 unspecified atom stereocenters. The van der Waals surface area contributed by atoms with Crippen LogP contribution in [0.2, 0.25) is 0 Å². The standard InChI is InChI=1S/C15H8F6O2S.CH2N2/c16-6-3-7(17)5-8(4-6)23-9-1-2-10-12(11(9)14(18)19)13(22)15(20,21)24-10;2-1-3/h1-5,13-14,22H;2H2. The highest BCUT2D eigenvalue weighted by molar-refractivity contribution is 8.00. The van der Waals surface area contributed by atoms with E-state index in [2.05, 4.69) is 5.73 Å². The van der Waals surface area contributed by atoms with Gasteiger partial charge in [0.15, 0.2) is 12.3 Å². The molecule has 0 aliphatic carbocycles. The summed E-state index contributed by atoms with van der Waals surface area (Å²) in [5, 5.41) is 13.1. The van der Waals surface area contributed by atoms with Crippen molar-refractivity contribution in [2.24, 2.45) is 5.73 Å². The number of benzene rings is 2. The monoisotopic (exact) mass is 408 g/mol. The number of aliphatic hydroxyl groups excluding tert-OH is 1. The fourth-order valence-corrected chi connectivity index (χ4v) is 3.36. The van der Waals surface area contributed by atoms with Crippen LogP contribution in [0.4, 0.5) is 26.3 Å². The Balaban J connectivity index is 0.000000817. The zero-order chi connectivity index (χ0) is 20.4. The molecule has 0 radical (unpaired) electrons. The van der Waals surface area contributed by atoms with Crippen LogP contribution in [0.15, 0.2) is 35.2 Å². The van der Waals surface area contributed by atoms with Gasteiger partial charge in [-0.25, -0.2) is 17.6 Å². The first-order valence-corrected chi connectivity index (χ1v) is 7.85. The summed E-state index contributed by atoms with van der Waals surface area (Å²) in [6.45, 7) is 0. The second kappa shape index (κ2) is 7.98. The van der Waals surface area contributed by atoms with Gasteiger partial charge in [0.25, 0.3) is 6.43 Å². The van der Waals surface area contributed by atoms with Gasteiger partial charge in [0, 0.05) is 28.7 Å². The molecule has 0 amide bonds. The number of hydrogen-bond acceptors (Lipinski definition) is 5. The van der Waals surface area contributed by atoms with Gasteiger partial charge in [-0.1, -0.05) is 0 Å². The largest absolute Gasteiger partial charge is 0.457 e. The molecule has 0 saturated heterocycles. The summed E-state index contributed by atoms with van der Waals surface area (Å²) in [6.07, 6.45) is -4.42. The van der Waals surface area contributed by atoms with Gasteiger partial charge < -0.3 is 15.6 Å². The maximum Gasteiger partial charge on any atom is 0.327 e. The fourth-order valence-electron chi connectivity index (χ4n) is 2.37. The summed E-state index contributed by atoms with van der Waals surface area (Å²) in [7, 11) is 0. The van der Waals surface area contributed by atoms with Gasteiger partial charge in [-0.3, -0.25) is 0 Å². The number of fused-ring (bicyclic) bond motifs is 1. The van der Waals surface area contributed by atoms with E-state index >= 15 is 0 Å². The lowest BCUT2D eigenvalue weighted by atomic mass is 10.0. The van der Waals surface area contributed by atoms with E-state index in [1.165, 1.54) is 6.19 Å². The molecule has 1 heterocycles. The Bertz CT molecular complexity index is 868. The average Bonchev–Trinajstić information content (AvgIpc) is 2.77. The van der Waals surface area contributed by atoms with E-state index in [4.69, 9.17) is 10.00 Å². The molecule has 11 heteroatoms. The van der Waals surface area contributed by atoms with Crippen molar-refractivity contribution in [3.05, 3.63) is 53.1 Å². The van der Waals surface area contributed by atoms with Crippen LogP contribution in [0.25, 0.3) is 0 Å². The van der Waals surface area contributed by atoms with Crippen LogP contribution < -0.4 is 10.5 Å². The number of ether oxygens (including phenoxy) is 1. The van der Waals surface area contributed by atoms with Gasteiger partial charge in [-0.05, 0) is 23.9 Å². The van der Waals surface area contributed by atoms with Crippen LogP contribution >= 0.6 is 11.8 Å². The minimum Gasteiger partial charge on any atom is -0.457 e. The SMILES string of the molecule is N#CN.OC1c2c(ccc(Oc3cc(F)cc(F)c3)c2C(F)F)SC1(F)F. The summed E-state index contributed by atoms with van der Waals surface area (Å²) in [6, 6.07) is 4.15. The van der Waals surface area contributed by atoms with Crippen LogP contribution in [0.1, 0.15) is 23.7 Å². The number of nitrogens with zero attached hydrogens (tertiary/aromatic N) is 1. The third-order valence-electron chi connectivity index (χ3n) is 3.33. The summed E-state index contributed by atoms with van der Waals surface area (Å²) < 4.78 is 85.3. The molecule has 1 aliphatic rings. The van der Waals surface area contributed by atoms with Crippen molar-refractivity contribution in [3.63, 3.8) is 0 Å². The maximum atomic E-state index is 13.6. The third-order valence-corrected chi connectivity index (χ3v) is 4.40. The minimum atomic E-state index is -3.66. The first-order valence-electron chi connectivity index (χ1n) is 7.04. The lowest BCUT2D eigenvalue weighted by molar-refractivity contribution is -0.0327. The summed E-state index contributed by atoms with van der Waals surface area (Å²) >= 11 is -0.0393. The molecule has 3 rings (SSSR count). The zero-order valence-corrected chi connectivity index (χ0v) is 13.9. The summed E-state index contributed by atoms with van der Waals surface area (Å²) in [5.41, 5.74) is 2.57. The molecular weight excluding hydrogens is 398 g/mol. The normalized spacial score (nSPS) is 16.9. The number of nitriles is 1. The van der Waals surface area contributed by atoms with Crippen molar-refractivity contribution in [3.8, 4) is 17.7 Å². The molecule has 4 nitrogen and oxygen atoms in total. The lowest BCUT2D eigenvalue weighted by Gasteiger charge is -2.17. The molecule has 144 valence electrons. The molecule has 27 heavy (non-hydrogen) atoms. The molecule has 0 fully saturated rings. The van der Waals surface area contributed by atoms with E-state index in [1.807, 2.05) is 0 Å². The summed E-state index contributed by atoms with van der Waals surface area (Å²) in [4.78, 5) is -0.208. The van der Waals surface area contributed by atoms with Crippen LogP contribution in [-0.2, 0) is 0 Å². The molecular formula is C16H10F6N2O2S. The predicted molar refractivity (Wildman–Crippen MR) is 83.4 cm³/mol. The van der Waals surface area contributed by atoms with Crippen molar-refractivity contribution < 1.29 is 36.2 Å². The Labute approximate surface area is 153 Å². The van der Waals surface area contributed by atoms with Crippen LogP contribution in [0, 0.1) is 23.1 Å². The number of halogens is 6. The smallest absolute Gasteiger partial charge is 0.327 e. The van der Waals surface area contributed by atoms with Crippen molar-refractivity contribution in [2.45, 2.75) is 22.7 Å². The fraction of sp³-hybridized carbons (Fsp3) is 0.188. The number of aliphatic hydroxyl groups is 1. The van der Waals surface area contributed by atoms with Gasteiger partial charge in [0.2, 0.25) is 0 Å². The molecule has 1 aliphatic heterocycles. The highest BCUT2D eigenvalue weighted by Crippen LogP contribution is 2.57. The van der Waals surface area contributed by atoms with E-state index in [9.17, 15) is 31.4 Å². The molecule has 2 aromatic carbocycles. The molecule has 0 bridgehead atoms. The lowest BCUT2D eigenvalue weighted by Crippen LogP contribution is -2.17. The van der Waals surface area contributed by atoms with E-state index in [0.717, 1.165) is 24.3 Å². The average molecular weight is 408 g/mol. The van der Waals surface area contributed by atoms with Crippen LogP contribution in [0.5, 0.6) is 11.5 Å². The zero-order valence-electron chi connectivity index (χ0n) is 13.1. The van der Waals surface area contributed by atoms with Gasteiger partial charge in [-0.15, -0.1) is 0 Å². The first-order chi connectivity index (χ1) is 12.6. The maximum absolute atomic E-state index is 13.6. The van der Waals surface area contributed by atoms with Crippen LogP contribution in [-0.4, -0.2) is 10.4 Å². The number of hydrogen-bond donors (Lipinski definition) is 2. The second-order valence-corrected chi connectivity index (χ2v) is 6.28. The van der Waals surface area contributed by atoms with Crippen LogP contribution in [0.3, 0.4) is 0 Å². The van der Waals surface area contributed by atoms with Crippen molar-refractivity contribution in [2.75, 3.05) is 0 Å². The highest BCUT2D eigenvalue weighted by atomic mass is 32.2. The van der Waals surface area contributed by atoms with Gasteiger partial charge in [-0.2, -0.15) is 14.0 Å². The van der Waals surface area contributed by atoms with Gasteiger partial charge in [0.1, 0.15) is 23.1 Å². The third kappa shape index (κ3) is 4.40. The molecule has 0 saturated carbocycles. The van der Waals surface area contributed by atoms with Crippen molar-refractivity contribution in [1.82, 2.24) is 0 Å². The Morgan fingerprint density at radius 2 is 1.74 bits per heavy atom. The van der Waals surface area contributed by atoms with Crippen molar-refractivity contribution in [1.29, 1.82) is 5.26 Å².